The van der Waals surface area contributed by atoms with Gasteiger partial charge in [0.25, 0.3) is 0 Å². The van der Waals surface area contributed by atoms with Gasteiger partial charge < -0.3 is 5.32 Å². The molecule has 0 heterocycles. The Bertz CT molecular complexity index is 560. The number of benzene rings is 2. The van der Waals surface area contributed by atoms with Gasteiger partial charge >= 0.3 is 0 Å². The minimum Gasteiger partial charge on any atom is -0.310 e. The second-order valence-electron chi connectivity index (χ2n) is 5.26. The molecule has 0 fully saturated rings. The lowest BCUT2D eigenvalue weighted by molar-refractivity contribution is 0.571. The van der Waals surface area contributed by atoms with Gasteiger partial charge in [0.2, 0.25) is 0 Å². The summed E-state index contributed by atoms with van der Waals surface area (Å²) in [6.45, 7) is 7.31. The lowest BCUT2D eigenvalue weighted by atomic mass is 9.98. The maximum atomic E-state index is 13.1. The van der Waals surface area contributed by atoms with Crippen molar-refractivity contribution in [2.45, 2.75) is 33.2 Å². The van der Waals surface area contributed by atoms with Crippen molar-refractivity contribution in [3.63, 3.8) is 0 Å². The molecule has 0 aliphatic heterocycles. The van der Waals surface area contributed by atoms with Crippen molar-refractivity contribution in [2.75, 3.05) is 6.54 Å². The van der Waals surface area contributed by atoms with Gasteiger partial charge in [-0.25, -0.2) is 4.39 Å². The minimum absolute atomic E-state index is 0.180. The Balaban J connectivity index is 2.19. The molecule has 1 N–H and O–H groups in total. The first-order chi connectivity index (χ1) is 9.61. The van der Waals surface area contributed by atoms with Crippen LogP contribution in [0.4, 0.5) is 4.39 Å². The number of hydrogen-bond acceptors (Lipinski definition) is 1. The van der Waals surface area contributed by atoms with Gasteiger partial charge in [-0.05, 0) is 61.2 Å². The van der Waals surface area contributed by atoms with Crippen LogP contribution in [0.3, 0.4) is 0 Å². The van der Waals surface area contributed by atoms with E-state index in [0.29, 0.717) is 6.04 Å². The van der Waals surface area contributed by atoms with Crippen LogP contribution in [0, 0.1) is 12.7 Å². The van der Waals surface area contributed by atoms with E-state index in [2.05, 4.69) is 43.4 Å². The molecule has 0 bridgehead atoms. The Labute approximate surface area is 120 Å². The molecule has 0 aliphatic carbocycles. The molecule has 2 rings (SSSR count). The highest BCUT2D eigenvalue weighted by atomic mass is 19.1. The van der Waals surface area contributed by atoms with Crippen molar-refractivity contribution in [1.29, 1.82) is 0 Å². The Morgan fingerprint density at radius 2 is 1.80 bits per heavy atom. The molecule has 20 heavy (non-hydrogen) atoms. The fourth-order valence-electron chi connectivity index (χ4n) is 2.38. The zero-order chi connectivity index (χ0) is 14.5. The summed E-state index contributed by atoms with van der Waals surface area (Å²) in [5.74, 6) is -0.180. The fraction of sp³-hybridized carbons (Fsp3) is 0.333. The van der Waals surface area contributed by atoms with Crippen LogP contribution in [0.15, 0.2) is 42.5 Å². The maximum absolute atomic E-state index is 13.1. The molecule has 2 heteroatoms. The first kappa shape index (κ1) is 14.7. The number of aryl methyl sites for hydroxylation is 1. The molecule has 0 radical (unpaired) electrons. The van der Waals surface area contributed by atoms with Crippen LogP contribution >= 0.6 is 0 Å². The summed E-state index contributed by atoms with van der Waals surface area (Å²) < 4.78 is 13.1. The largest absolute Gasteiger partial charge is 0.310 e. The summed E-state index contributed by atoms with van der Waals surface area (Å²) in [6, 6.07) is 13.8. The van der Waals surface area contributed by atoms with Crippen molar-refractivity contribution in [1.82, 2.24) is 5.32 Å². The van der Waals surface area contributed by atoms with Crippen LogP contribution in [-0.2, 0) is 0 Å². The first-order valence-electron chi connectivity index (χ1n) is 7.21. The van der Waals surface area contributed by atoms with E-state index in [1.165, 1.54) is 11.6 Å². The Morgan fingerprint density at radius 1 is 1.10 bits per heavy atom. The monoisotopic (exact) mass is 271 g/mol. The summed E-state index contributed by atoms with van der Waals surface area (Å²) in [5, 5.41) is 3.48. The van der Waals surface area contributed by atoms with E-state index in [4.69, 9.17) is 0 Å². The molecule has 0 aliphatic rings. The second kappa shape index (κ2) is 6.67. The molecule has 0 saturated carbocycles. The summed E-state index contributed by atoms with van der Waals surface area (Å²) in [5.41, 5.74) is 4.47. The third kappa shape index (κ3) is 3.45. The molecule has 0 saturated heterocycles. The van der Waals surface area contributed by atoms with E-state index < -0.39 is 0 Å². The quantitative estimate of drug-likeness (QED) is 0.818. The molecule has 1 nitrogen and oxygen atoms in total. The summed E-state index contributed by atoms with van der Waals surface area (Å²) in [6.07, 6.45) is 1.14. The van der Waals surface area contributed by atoms with Gasteiger partial charge in [0.15, 0.2) is 0 Å². The molecule has 1 unspecified atom stereocenters. The standard InChI is InChI=1S/C18H22FN/c1-4-11-20-14(3)15-5-7-16(8-6-15)18-10-9-17(19)12-13(18)2/h5-10,12,14,20H,4,11H2,1-3H3. The Morgan fingerprint density at radius 3 is 2.40 bits per heavy atom. The van der Waals surface area contributed by atoms with Gasteiger partial charge in [-0.2, -0.15) is 0 Å². The molecule has 2 aromatic rings. The summed E-state index contributed by atoms with van der Waals surface area (Å²) in [7, 11) is 0. The van der Waals surface area contributed by atoms with Gasteiger partial charge in [0, 0.05) is 6.04 Å². The van der Waals surface area contributed by atoms with Gasteiger partial charge in [0.05, 0.1) is 0 Å². The highest BCUT2D eigenvalue weighted by Crippen LogP contribution is 2.25. The second-order valence-corrected chi connectivity index (χ2v) is 5.26. The molecular formula is C18H22FN. The van der Waals surface area contributed by atoms with Crippen molar-refractivity contribution in [3.05, 3.63) is 59.4 Å². The van der Waals surface area contributed by atoms with Gasteiger partial charge in [0.1, 0.15) is 5.82 Å². The predicted octanol–water partition coefficient (Wildman–Crippen LogP) is 4.86. The smallest absolute Gasteiger partial charge is 0.123 e. The highest BCUT2D eigenvalue weighted by molar-refractivity contribution is 5.67. The minimum atomic E-state index is -0.180. The van der Waals surface area contributed by atoms with Crippen molar-refractivity contribution < 1.29 is 4.39 Å². The summed E-state index contributed by atoms with van der Waals surface area (Å²) >= 11 is 0. The lowest BCUT2D eigenvalue weighted by Gasteiger charge is -2.14. The summed E-state index contributed by atoms with van der Waals surface area (Å²) in [4.78, 5) is 0. The van der Waals surface area contributed by atoms with E-state index >= 15 is 0 Å². The van der Waals surface area contributed by atoms with E-state index in [-0.39, 0.29) is 5.82 Å². The van der Waals surface area contributed by atoms with Crippen LogP contribution in [-0.4, -0.2) is 6.54 Å². The van der Waals surface area contributed by atoms with Crippen molar-refractivity contribution in [3.8, 4) is 11.1 Å². The molecule has 0 spiro atoms. The third-order valence-corrected chi connectivity index (χ3v) is 3.61. The number of hydrogen-bond donors (Lipinski definition) is 1. The van der Waals surface area contributed by atoms with Gasteiger partial charge in [-0.15, -0.1) is 0 Å². The van der Waals surface area contributed by atoms with E-state index in [1.54, 1.807) is 6.07 Å². The average Bonchev–Trinajstić information content (AvgIpc) is 2.45. The average molecular weight is 271 g/mol. The molecule has 2 aromatic carbocycles. The fourth-order valence-corrected chi connectivity index (χ4v) is 2.38. The van der Waals surface area contributed by atoms with Crippen molar-refractivity contribution in [2.24, 2.45) is 0 Å². The van der Waals surface area contributed by atoms with Crippen LogP contribution in [0.2, 0.25) is 0 Å². The van der Waals surface area contributed by atoms with Crippen molar-refractivity contribution >= 4 is 0 Å². The van der Waals surface area contributed by atoms with Crippen LogP contribution in [0.1, 0.15) is 37.4 Å². The molecular weight excluding hydrogens is 249 g/mol. The Hall–Kier alpha value is -1.67. The third-order valence-electron chi connectivity index (χ3n) is 3.61. The van der Waals surface area contributed by atoms with Crippen LogP contribution < -0.4 is 5.32 Å². The van der Waals surface area contributed by atoms with Gasteiger partial charge in [-0.3, -0.25) is 0 Å². The zero-order valence-corrected chi connectivity index (χ0v) is 12.4. The Kier molecular flexibility index (Phi) is 4.91. The van der Waals surface area contributed by atoms with Crippen LogP contribution in [0.25, 0.3) is 11.1 Å². The highest BCUT2D eigenvalue weighted by Gasteiger charge is 2.06. The van der Waals surface area contributed by atoms with Crippen LogP contribution in [0.5, 0.6) is 0 Å². The molecule has 0 aromatic heterocycles. The molecule has 0 amide bonds. The maximum Gasteiger partial charge on any atom is 0.123 e. The van der Waals surface area contributed by atoms with Gasteiger partial charge in [-0.1, -0.05) is 37.3 Å². The zero-order valence-electron chi connectivity index (χ0n) is 12.4. The molecule has 1 atom stereocenters. The number of rotatable bonds is 5. The predicted molar refractivity (Wildman–Crippen MR) is 83.3 cm³/mol. The van der Waals surface area contributed by atoms with E-state index in [1.807, 2.05) is 13.0 Å². The topological polar surface area (TPSA) is 12.0 Å². The lowest BCUT2D eigenvalue weighted by Crippen LogP contribution is -2.19. The van der Waals surface area contributed by atoms with E-state index in [0.717, 1.165) is 29.7 Å². The SMILES string of the molecule is CCCNC(C)c1ccc(-c2ccc(F)cc2C)cc1. The molecule has 106 valence electrons. The normalized spacial score (nSPS) is 12.4. The first-order valence-corrected chi connectivity index (χ1v) is 7.21. The van der Waals surface area contributed by atoms with E-state index in [9.17, 15) is 4.39 Å². The number of nitrogens with one attached hydrogen (secondary N) is 1. The number of halogens is 1.